The van der Waals surface area contributed by atoms with Crippen LogP contribution in [0.3, 0.4) is 0 Å². The molecule has 5 heteroatoms. The molecule has 0 bridgehead atoms. The Kier molecular flexibility index (Phi) is 3.92. The summed E-state index contributed by atoms with van der Waals surface area (Å²) in [5, 5.41) is 1.04. The van der Waals surface area contributed by atoms with Crippen LogP contribution in [0.25, 0.3) is 0 Å². The van der Waals surface area contributed by atoms with Gasteiger partial charge in [0.1, 0.15) is 5.82 Å². The van der Waals surface area contributed by atoms with Crippen LogP contribution in [0.2, 0.25) is 0 Å². The first-order valence-corrected chi connectivity index (χ1v) is 7.50. The van der Waals surface area contributed by atoms with Crippen molar-refractivity contribution in [3.63, 3.8) is 0 Å². The van der Waals surface area contributed by atoms with Crippen LogP contribution in [0.1, 0.15) is 46.4 Å². The Morgan fingerprint density at radius 3 is 2.72 bits per heavy atom. The first kappa shape index (κ1) is 13.7. The zero-order valence-corrected chi connectivity index (χ0v) is 12.6. The van der Waals surface area contributed by atoms with E-state index in [0.29, 0.717) is 12.6 Å². The van der Waals surface area contributed by atoms with Crippen LogP contribution < -0.4 is 10.6 Å². The number of nitrogens with two attached hydrogens (primary N) is 1. The lowest BCUT2D eigenvalue weighted by Crippen LogP contribution is -2.46. The van der Waals surface area contributed by atoms with Gasteiger partial charge in [0, 0.05) is 36.1 Å². The highest BCUT2D eigenvalue weighted by molar-refractivity contribution is 7.09. The van der Waals surface area contributed by atoms with Crippen LogP contribution in [0.15, 0.2) is 0 Å². The quantitative estimate of drug-likeness (QED) is 0.895. The first-order valence-electron chi connectivity index (χ1n) is 6.72. The predicted molar refractivity (Wildman–Crippen MR) is 77.2 cm³/mol. The lowest BCUT2D eigenvalue weighted by molar-refractivity contribution is 0.366. The lowest BCUT2D eigenvalue weighted by atomic mass is 9.93. The van der Waals surface area contributed by atoms with Crippen LogP contribution in [-0.2, 0) is 5.41 Å². The van der Waals surface area contributed by atoms with E-state index in [1.807, 2.05) is 0 Å². The molecule has 0 aliphatic carbocycles. The third kappa shape index (κ3) is 2.83. The van der Waals surface area contributed by atoms with Gasteiger partial charge in [-0.1, -0.05) is 27.7 Å². The van der Waals surface area contributed by atoms with Crippen molar-refractivity contribution in [3.05, 3.63) is 5.82 Å². The van der Waals surface area contributed by atoms with E-state index in [1.54, 1.807) is 0 Å². The van der Waals surface area contributed by atoms with Gasteiger partial charge < -0.3 is 10.6 Å². The third-order valence-electron chi connectivity index (χ3n) is 3.58. The number of rotatable bonds is 2. The molecule has 1 fully saturated rings. The van der Waals surface area contributed by atoms with Gasteiger partial charge in [-0.2, -0.15) is 4.37 Å². The van der Waals surface area contributed by atoms with Crippen molar-refractivity contribution in [2.24, 2.45) is 11.7 Å². The predicted octanol–water partition coefficient (Wildman–Crippen LogP) is 2.40. The zero-order valence-electron chi connectivity index (χ0n) is 11.8. The fourth-order valence-electron chi connectivity index (χ4n) is 2.36. The van der Waals surface area contributed by atoms with Crippen molar-refractivity contribution in [3.8, 4) is 0 Å². The molecule has 4 nitrogen and oxygen atoms in total. The Bertz CT molecular complexity index is 396. The number of anilines is 1. The Morgan fingerprint density at radius 2 is 2.17 bits per heavy atom. The van der Waals surface area contributed by atoms with E-state index in [-0.39, 0.29) is 5.41 Å². The molecule has 2 N–H and O–H groups in total. The molecule has 1 aromatic heterocycles. The molecule has 0 amide bonds. The van der Waals surface area contributed by atoms with Gasteiger partial charge in [0.15, 0.2) is 0 Å². The fraction of sp³-hybridized carbons (Fsp3) is 0.846. The molecule has 2 heterocycles. The minimum absolute atomic E-state index is 0.0238. The molecule has 1 aromatic rings. The van der Waals surface area contributed by atoms with E-state index >= 15 is 0 Å². The maximum atomic E-state index is 5.90. The van der Waals surface area contributed by atoms with E-state index in [1.165, 1.54) is 24.4 Å². The van der Waals surface area contributed by atoms with Gasteiger partial charge in [0.25, 0.3) is 0 Å². The average molecular weight is 268 g/mol. The van der Waals surface area contributed by atoms with Gasteiger partial charge in [0.05, 0.1) is 0 Å². The third-order valence-corrected chi connectivity index (χ3v) is 4.34. The smallest absolute Gasteiger partial charge is 0.205 e. The molecule has 0 radical (unpaired) electrons. The van der Waals surface area contributed by atoms with E-state index in [9.17, 15) is 0 Å². The Balaban J connectivity index is 2.17. The van der Waals surface area contributed by atoms with Gasteiger partial charge >= 0.3 is 0 Å². The number of hydrogen-bond acceptors (Lipinski definition) is 5. The number of hydrogen-bond donors (Lipinski definition) is 1. The normalized spacial score (nSPS) is 25.5. The number of nitrogens with zero attached hydrogens (tertiary/aromatic N) is 3. The summed E-state index contributed by atoms with van der Waals surface area (Å²) < 4.78 is 4.50. The molecular formula is C13H24N4S. The molecule has 102 valence electrons. The SMILES string of the molecule is CC1CCN(c2nc(C(C)(C)C)ns2)C(CN)C1. The monoisotopic (exact) mass is 268 g/mol. The van der Waals surface area contributed by atoms with E-state index < -0.39 is 0 Å². The topological polar surface area (TPSA) is 55.0 Å². The minimum Gasteiger partial charge on any atom is -0.343 e. The van der Waals surface area contributed by atoms with Crippen LogP contribution in [0.4, 0.5) is 5.13 Å². The van der Waals surface area contributed by atoms with Crippen LogP contribution >= 0.6 is 11.5 Å². The molecule has 2 rings (SSSR count). The van der Waals surface area contributed by atoms with Gasteiger partial charge in [-0.25, -0.2) is 4.98 Å². The second-order valence-corrected chi connectivity index (χ2v) is 7.09. The van der Waals surface area contributed by atoms with E-state index in [0.717, 1.165) is 23.4 Å². The molecule has 2 atom stereocenters. The summed E-state index contributed by atoms with van der Waals surface area (Å²) in [4.78, 5) is 7.06. The van der Waals surface area contributed by atoms with Crippen molar-refractivity contribution in [1.29, 1.82) is 0 Å². The Labute approximate surface area is 114 Å². The molecule has 1 aliphatic heterocycles. The number of piperidine rings is 1. The van der Waals surface area contributed by atoms with Crippen molar-refractivity contribution < 1.29 is 0 Å². The van der Waals surface area contributed by atoms with Gasteiger partial charge in [-0.05, 0) is 18.8 Å². The minimum atomic E-state index is 0.0238. The second-order valence-electron chi connectivity index (χ2n) is 6.36. The van der Waals surface area contributed by atoms with Gasteiger partial charge in [-0.3, -0.25) is 0 Å². The summed E-state index contributed by atoms with van der Waals surface area (Å²) in [5.41, 5.74) is 5.92. The summed E-state index contributed by atoms with van der Waals surface area (Å²) in [5.74, 6) is 1.71. The molecule has 0 spiro atoms. The van der Waals surface area contributed by atoms with Crippen molar-refractivity contribution in [1.82, 2.24) is 9.36 Å². The summed E-state index contributed by atoms with van der Waals surface area (Å²) in [6.07, 6.45) is 2.39. The van der Waals surface area contributed by atoms with Crippen LogP contribution in [-0.4, -0.2) is 28.5 Å². The summed E-state index contributed by atoms with van der Waals surface area (Å²) in [6, 6.07) is 0.425. The molecular weight excluding hydrogens is 244 g/mol. The van der Waals surface area contributed by atoms with Gasteiger partial charge in [0.2, 0.25) is 5.13 Å². The van der Waals surface area contributed by atoms with Crippen molar-refractivity contribution >= 4 is 16.7 Å². The standard InChI is InChI=1S/C13H24N4S/c1-9-5-6-17(10(7-9)8-14)12-15-11(16-18-12)13(2,3)4/h9-10H,5-8,14H2,1-4H3. The maximum Gasteiger partial charge on any atom is 0.205 e. The molecule has 0 saturated carbocycles. The highest BCUT2D eigenvalue weighted by Gasteiger charge is 2.29. The highest BCUT2D eigenvalue weighted by Crippen LogP contribution is 2.31. The number of aromatic nitrogens is 2. The first-order chi connectivity index (χ1) is 8.41. The zero-order chi connectivity index (χ0) is 13.3. The molecule has 1 aliphatic rings. The fourth-order valence-corrected chi connectivity index (χ4v) is 3.32. The second kappa shape index (κ2) is 5.13. The van der Waals surface area contributed by atoms with Crippen LogP contribution in [0, 0.1) is 5.92 Å². The lowest BCUT2D eigenvalue weighted by Gasteiger charge is -2.37. The van der Waals surface area contributed by atoms with E-state index in [2.05, 4.69) is 37.0 Å². The average Bonchev–Trinajstić information content (AvgIpc) is 2.77. The van der Waals surface area contributed by atoms with Crippen molar-refractivity contribution in [2.75, 3.05) is 18.0 Å². The molecule has 1 saturated heterocycles. The summed E-state index contributed by atoms with van der Waals surface area (Å²) in [7, 11) is 0. The van der Waals surface area contributed by atoms with Crippen molar-refractivity contribution in [2.45, 2.75) is 52.0 Å². The largest absolute Gasteiger partial charge is 0.343 e. The summed E-state index contributed by atoms with van der Waals surface area (Å²) in [6.45, 7) is 10.5. The maximum absolute atomic E-state index is 5.90. The molecule has 2 unspecified atom stereocenters. The highest BCUT2D eigenvalue weighted by atomic mass is 32.1. The Morgan fingerprint density at radius 1 is 1.44 bits per heavy atom. The van der Waals surface area contributed by atoms with Crippen LogP contribution in [0.5, 0.6) is 0 Å². The van der Waals surface area contributed by atoms with E-state index in [4.69, 9.17) is 10.7 Å². The Hall–Kier alpha value is -0.680. The molecule has 0 aromatic carbocycles. The van der Waals surface area contributed by atoms with Gasteiger partial charge in [-0.15, -0.1) is 0 Å². The summed E-state index contributed by atoms with van der Waals surface area (Å²) >= 11 is 1.51. The molecule has 18 heavy (non-hydrogen) atoms.